The van der Waals surface area contributed by atoms with Crippen LogP contribution in [0.4, 0.5) is 0 Å². The van der Waals surface area contributed by atoms with E-state index >= 15 is 0 Å². The van der Waals surface area contributed by atoms with Gasteiger partial charge in [-0.25, -0.2) is 0 Å². The molecule has 0 aliphatic rings. The maximum absolute atomic E-state index is 12.0. The minimum atomic E-state index is -0.227. The Bertz CT molecular complexity index is 195. The van der Waals surface area contributed by atoms with Crippen molar-refractivity contribution in [2.45, 2.75) is 12.5 Å². The summed E-state index contributed by atoms with van der Waals surface area (Å²) in [5.41, 5.74) is 5.49. The van der Waals surface area contributed by atoms with Crippen molar-refractivity contribution < 1.29 is 19.0 Å². The zero-order valence-electron chi connectivity index (χ0n) is 11.4. The first-order chi connectivity index (χ1) is 8.19. The summed E-state index contributed by atoms with van der Waals surface area (Å²) < 4.78 is 15.0. The number of carbonyl (C=O) groups excluding carboxylic acids is 1. The van der Waals surface area contributed by atoms with Crippen molar-refractivity contribution in [2.24, 2.45) is 5.73 Å². The van der Waals surface area contributed by atoms with Crippen LogP contribution in [0.25, 0.3) is 0 Å². The summed E-state index contributed by atoms with van der Waals surface area (Å²) in [6.07, 6.45) is 0.0653. The van der Waals surface area contributed by atoms with Gasteiger partial charge in [0.2, 0.25) is 5.91 Å². The average molecular weight is 285 g/mol. The van der Waals surface area contributed by atoms with Crippen molar-refractivity contribution in [1.29, 1.82) is 0 Å². The first-order valence-corrected chi connectivity index (χ1v) is 5.68. The maximum atomic E-state index is 12.0. The summed E-state index contributed by atoms with van der Waals surface area (Å²) in [4.78, 5) is 13.7. The number of nitrogens with two attached hydrogens (primary N) is 1. The highest BCUT2D eigenvalue weighted by Crippen LogP contribution is 2.01. The van der Waals surface area contributed by atoms with Gasteiger partial charge >= 0.3 is 0 Å². The lowest BCUT2D eigenvalue weighted by Gasteiger charge is -2.24. The molecule has 0 spiro atoms. The van der Waals surface area contributed by atoms with Gasteiger partial charge in [0.15, 0.2) is 0 Å². The van der Waals surface area contributed by atoms with E-state index in [4.69, 9.17) is 19.9 Å². The SMILES string of the molecule is COCCN(CCOC)C(=O)CC(CN)OC.Cl. The van der Waals surface area contributed by atoms with E-state index in [-0.39, 0.29) is 24.4 Å². The Kier molecular flexibility index (Phi) is 14.4. The number of halogens is 1. The van der Waals surface area contributed by atoms with Crippen LogP contribution >= 0.6 is 12.4 Å². The van der Waals surface area contributed by atoms with E-state index in [0.29, 0.717) is 39.3 Å². The van der Waals surface area contributed by atoms with Gasteiger partial charge in [0.05, 0.1) is 25.7 Å². The van der Waals surface area contributed by atoms with Crippen LogP contribution in [0.5, 0.6) is 0 Å². The molecule has 0 aliphatic heterocycles. The summed E-state index contributed by atoms with van der Waals surface area (Å²) in [5.74, 6) is 0.0106. The molecule has 0 rings (SSSR count). The lowest BCUT2D eigenvalue weighted by Crippen LogP contribution is -2.39. The van der Waals surface area contributed by atoms with Crippen LogP contribution < -0.4 is 5.73 Å². The first-order valence-electron chi connectivity index (χ1n) is 5.68. The lowest BCUT2D eigenvalue weighted by molar-refractivity contribution is -0.134. The van der Waals surface area contributed by atoms with Crippen molar-refractivity contribution in [2.75, 3.05) is 54.2 Å². The molecule has 0 heterocycles. The number of carbonyl (C=O) groups is 1. The Labute approximate surface area is 115 Å². The van der Waals surface area contributed by atoms with E-state index in [0.717, 1.165) is 0 Å². The molecular weight excluding hydrogens is 260 g/mol. The van der Waals surface area contributed by atoms with Gasteiger partial charge in [0.25, 0.3) is 0 Å². The van der Waals surface area contributed by atoms with Gasteiger partial charge in [-0.1, -0.05) is 0 Å². The molecule has 0 aromatic rings. The molecule has 0 aliphatic carbocycles. The molecule has 110 valence electrons. The number of methoxy groups -OCH3 is 3. The summed E-state index contributed by atoms with van der Waals surface area (Å²) in [6, 6.07) is 0. The quantitative estimate of drug-likeness (QED) is 0.606. The predicted octanol–water partition coefficient (Wildman–Crippen LogP) is -0.107. The molecule has 6 nitrogen and oxygen atoms in total. The van der Waals surface area contributed by atoms with Crippen LogP contribution in [0.2, 0.25) is 0 Å². The fourth-order valence-electron chi connectivity index (χ4n) is 1.35. The van der Waals surface area contributed by atoms with Crippen LogP contribution in [0.15, 0.2) is 0 Å². The first kappa shape index (κ1) is 19.9. The second-order valence-electron chi connectivity index (χ2n) is 3.66. The van der Waals surface area contributed by atoms with E-state index in [9.17, 15) is 4.79 Å². The smallest absolute Gasteiger partial charge is 0.225 e. The predicted molar refractivity (Wildman–Crippen MR) is 72.0 cm³/mol. The Morgan fingerprint density at radius 1 is 1.17 bits per heavy atom. The van der Waals surface area contributed by atoms with Gasteiger partial charge in [-0.15, -0.1) is 12.4 Å². The maximum Gasteiger partial charge on any atom is 0.225 e. The Balaban J connectivity index is 0. The normalized spacial score (nSPS) is 11.8. The molecule has 18 heavy (non-hydrogen) atoms. The van der Waals surface area contributed by atoms with E-state index in [1.54, 1.807) is 26.2 Å². The number of rotatable bonds is 10. The largest absolute Gasteiger partial charge is 0.383 e. The highest BCUT2D eigenvalue weighted by Gasteiger charge is 2.17. The molecule has 1 atom stereocenters. The molecule has 1 amide bonds. The third-order valence-electron chi connectivity index (χ3n) is 2.48. The molecule has 0 saturated heterocycles. The van der Waals surface area contributed by atoms with Crippen molar-refractivity contribution in [3.8, 4) is 0 Å². The van der Waals surface area contributed by atoms with Crippen LogP contribution in [-0.2, 0) is 19.0 Å². The van der Waals surface area contributed by atoms with Crippen LogP contribution in [-0.4, -0.2) is 71.1 Å². The standard InChI is InChI=1S/C11H24N2O4.ClH/c1-15-6-4-13(5-7-16-2)11(14)8-10(9-12)17-3;/h10H,4-9,12H2,1-3H3;1H. The highest BCUT2D eigenvalue weighted by molar-refractivity contribution is 5.85. The number of hydrogen-bond donors (Lipinski definition) is 1. The second-order valence-corrected chi connectivity index (χ2v) is 3.66. The minimum Gasteiger partial charge on any atom is -0.383 e. The minimum absolute atomic E-state index is 0. The molecule has 7 heteroatoms. The number of hydrogen-bond acceptors (Lipinski definition) is 5. The van der Waals surface area contributed by atoms with Crippen LogP contribution in [0.3, 0.4) is 0 Å². The molecule has 0 aromatic carbocycles. The molecule has 0 saturated carbocycles. The zero-order valence-corrected chi connectivity index (χ0v) is 12.2. The molecular formula is C11H25ClN2O4. The third kappa shape index (κ3) is 8.66. The number of amides is 1. The lowest BCUT2D eigenvalue weighted by atomic mass is 10.2. The highest BCUT2D eigenvalue weighted by atomic mass is 35.5. The van der Waals surface area contributed by atoms with Crippen molar-refractivity contribution in [3.63, 3.8) is 0 Å². The van der Waals surface area contributed by atoms with Gasteiger partial charge < -0.3 is 24.8 Å². The van der Waals surface area contributed by atoms with Gasteiger partial charge in [0.1, 0.15) is 0 Å². The number of nitrogens with zero attached hydrogens (tertiary/aromatic N) is 1. The Morgan fingerprint density at radius 3 is 2.00 bits per heavy atom. The summed E-state index contributed by atoms with van der Waals surface area (Å²) in [6.45, 7) is 2.47. The van der Waals surface area contributed by atoms with Gasteiger partial charge in [0, 0.05) is 41.0 Å². The molecule has 0 aromatic heterocycles. The zero-order chi connectivity index (χ0) is 13.1. The van der Waals surface area contributed by atoms with Gasteiger partial charge in [-0.2, -0.15) is 0 Å². The molecule has 2 N–H and O–H groups in total. The third-order valence-corrected chi connectivity index (χ3v) is 2.48. The fraction of sp³-hybridized carbons (Fsp3) is 0.909. The van der Waals surface area contributed by atoms with Crippen LogP contribution in [0, 0.1) is 0 Å². The molecule has 0 radical (unpaired) electrons. The molecule has 0 fully saturated rings. The van der Waals surface area contributed by atoms with Gasteiger partial charge in [-0.05, 0) is 0 Å². The van der Waals surface area contributed by atoms with Crippen molar-refractivity contribution in [1.82, 2.24) is 4.90 Å². The molecule has 0 bridgehead atoms. The average Bonchev–Trinajstić information content (AvgIpc) is 2.35. The second kappa shape index (κ2) is 13.0. The summed E-state index contributed by atoms with van der Waals surface area (Å²) in [7, 11) is 4.77. The Hall–Kier alpha value is -0.400. The number of ether oxygens (including phenoxy) is 3. The van der Waals surface area contributed by atoms with E-state index in [1.807, 2.05) is 0 Å². The van der Waals surface area contributed by atoms with E-state index < -0.39 is 0 Å². The summed E-state index contributed by atoms with van der Waals surface area (Å²) in [5, 5.41) is 0. The topological polar surface area (TPSA) is 74.0 Å². The van der Waals surface area contributed by atoms with E-state index in [1.165, 1.54) is 0 Å². The summed E-state index contributed by atoms with van der Waals surface area (Å²) >= 11 is 0. The van der Waals surface area contributed by atoms with E-state index in [2.05, 4.69) is 0 Å². The van der Waals surface area contributed by atoms with Crippen LogP contribution in [0.1, 0.15) is 6.42 Å². The Morgan fingerprint density at radius 2 is 1.67 bits per heavy atom. The fourth-order valence-corrected chi connectivity index (χ4v) is 1.35. The van der Waals surface area contributed by atoms with Crippen molar-refractivity contribution in [3.05, 3.63) is 0 Å². The molecule has 1 unspecified atom stereocenters. The van der Waals surface area contributed by atoms with Gasteiger partial charge in [-0.3, -0.25) is 4.79 Å². The van der Waals surface area contributed by atoms with Crippen molar-refractivity contribution >= 4 is 18.3 Å². The monoisotopic (exact) mass is 284 g/mol.